The zero-order valence-corrected chi connectivity index (χ0v) is 14.7. The predicted molar refractivity (Wildman–Crippen MR) is 87.0 cm³/mol. The fraction of sp³-hybridized carbons (Fsp3) is 0.571. The van der Waals surface area contributed by atoms with Crippen LogP contribution in [0.3, 0.4) is 0 Å². The number of nitrogens with zero attached hydrogens (tertiary/aromatic N) is 1. The lowest BCUT2D eigenvalue weighted by Crippen LogP contribution is -2.43. The molecule has 1 fully saturated rings. The minimum atomic E-state index is -3.10. The molecule has 1 aliphatic heterocycles. The van der Waals surface area contributed by atoms with Gasteiger partial charge in [0.05, 0.1) is 17.8 Å². The van der Waals surface area contributed by atoms with Gasteiger partial charge in [0.15, 0.2) is 0 Å². The van der Waals surface area contributed by atoms with Gasteiger partial charge in [-0.05, 0) is 46.5 Å². The van der Waals surface area contributed by atoms with Gasteiger partial charge < -0.3 is 4.74 Å². The van der Waals surface area contributed by atoms with Gasteiger partial charge in [0.25, 0.3) is 0 Å². The molecule has 1 aromatic rings. The van der Waals surface area contributed by atoms with Crippen LogP contribution in [-0.4, -0.2) is 45.8 Å². The summed E-state index contributed by atoms with van der Waals surface area (Å²) in [6.45, 7) is 2.67. The van der Waals surface area contributed by atoms with Crippen LogP contribution in [0.15, 0.2) is 22.7 Å². The minimum Gasteiger partial charge on any atom is -0.496 e. The summed E-state index contributed by atoms with van der Waals surface area (Å²) >= 11 is 3.49. The first-order chi connectivity index (χ1) is 9.87. The highest BCUT2D eigenvalue weighted by molar-refractivity contribution is 9.10. The molecule has 0 saturated carbocycles. The van der Waals surface area contributed by atoms with Crippen LogP contribution in [0.1, 0.15) is 18.4 Å². The van der Waals surface area contributed by atoms with E-state index in [9.17, 15) is 8.42 Å². The number of hydrogen-bond acceptors (Lipinski definition) is 4. The molecule has 0 atom stereocenters. The van der Waals surface area contributed by atoms with E-state index >= 15 is 0 Å². The van der Waals surface area contributed by atoms with Crippen molar-refractivity contribution >= 4 is 26.0 Å². The fourth-order valence-electron chi connectivity index (χ4n) is 2.58. The van der Waals surface area contributed by atoms with Crippen molar-refractivity contribution in [3.8, 4) is 5.75 Å². The van der Waals surface area contributed by atoms with Gasteiger partial charge in [-0.1, -0.05) is 6.07 Å². The summed E-state index contributed by atoms with van der Waals surface area (Å²) in [6, 6.07) is 6.15. The third-order valence-corrected chi connectivity index (χ3v) is 4.97. The molecular weight excluding hydrogens is 356 g/mol. The van der Waals surface area contributed by atoms with Crippen molar-refractivity contribution < 1.29 is 13.2 Å². The summed E-state index contributed by atoms with van der Waals surface area (Å²) in [6.07, 6.45) is 2.92. The van der Waals surface area contributed by atoms with E-state index in [1.807, 2.05) is 6.07 Å². The SMILES string of the molecule is COc1ccc(CN2CCC(NS(C)(=O)=O)CC2)cc1Br. The molecular formula is C14H21BrN2O3S. The molecule has 0 bridgehead atoms. The van der Waals surface area contributed by atoms with Crippen LogP contribution in [0, 0.1) is 0 Å². The van der Waals surface area contributed by atoms with Crippen molar-refractivity contribution in [3.05, 3.63) is 28.2 Å². The third kappa shape index (κ3) is 5.25. The Balaban J connectivity index is 1.87. The molecule has 0 aromatic heterocycles. The summed E-state index contributed by atoms with van der Waals surface area (Å²) in [7, 11) is -1.45. The molecule has 0 unspecified atom stereocenters. The average Bonchev–Trinajstić information content (AvgIpc) is 2.40. The molecule has 7 heteroatoms. The van der Waals surface area contributed by atoms with Gasteiger partial charge in [0.1, 0.15) is 5.75 Å². The number of hydrogen-bond donors (Lipinski definition) is 1. The summed E-state index contributed by atoms with van der Waals surface area (Å²) in [5.41, 5.74) is 1.22. The van der Waals surface area contributed by atoms with Crippen LogP contribution in [0.25, 0.3) is 0 Å². The van der Waals surface area contributed by atoms with Gasteiger partial charge in [0, 0.05) is 25.7 Å². The van der Waals surface area contributed by atoms with E-state index in [-0.39, 0.29) is 6.04 Å². The van der Waals surface area contributed by atoms with E-state index in [0.717, 1.165) is 42.7 Å². The lowest BCUT2D eigenvalue weighted by molar-refractivity contribution is 0.200. The number of sulfonamides is 1. The van der Waals surface area contributed by atoms with Gasteiger partial charge in [0.2, 0.25) is 10.0 Å². The van der Waals surface area contributed by atoms with E-state index in [1.165, 1.54) is 11.8 Å². The predicted octanol–water partition coefficient (Wildman–Crippen LogP) is 1.97. The first-order valence-electron chi connectivity index (χ1n) is 6.89. The van der Waals surface area contributed by atoms with Gasteiger partial charge in [-0.15, -0.1) is 0 Å². The van der Waals surface area contributed by atoms with Gasteiger partial charge in [-0.25, -0.2) is 13.1 Å². The van der Waals surface area contributed by atoms with Crippen LogP contribution in [0.2, 0.25) is 0 Å². The molecule has 1 saturated heterocycles. The Morgan fingerprint density at radius 1 is 1.38 bits per heavy atom. The minimum absolute atomic E-state index is 0.0684. The zero-order chi connectivity index (χ0) is 15.5. The molecule has 1 heterocycles. The quantitative estimate of drug-likeness (QED) is 0.853. The fourth-order valence-corrected chi connectivity index (χ4v) is 4.01. The molecule has 0 aliphatic carbocycles. The van der Waals surface area contributed by atoms with E-state index in [0.29, 0.717) is 0 Å². The first-order valence-corrected chi connectivity index (χ1v) is 9.58. The third-order valence-electron chi connectivity index (χ3n) is 3.59. The standard InChI is InChI=1S/C14H21BrN2O3S/c1-20-14-4-3-11(9-13(14)15)10-17-7-5-12(6-8-17)16-21(2,18)19/h3-4,9,12,16H,5-8,10H2,1-2H3. The Hall–Kier alpha value is -0.630. The van der Waals surface area contributed by atoms with E-state index in [4.69, 9.17) is 4.74 Å². The van der Waals surface area contributed by atoms with Crippen molar-refractivity contribution in [3.63, 3.8) is 0 Å². The number of benzene rings is 1. The normalized spacial score (nSPS) is 17.9. The van der Waals surface area contributed by atoms with E-state index in [1.54, 1.807) is 7.11 Å². The van der Waals surface area contributed by atoms with Gasteiger partial charge in [-0.3, -0.25) is 4.90 Å². The maximum absolute atomic E-state index is 11.2. The van der Waals surface area contributed by atoms with Crippen molar-refractivity contribution in [1.82, 2.24) is 9.62 Å². The van der Waals surface area contributed by atoms with Gasteiger partial charge >= 0.3 is 0 Å². The molecule has 2 rings (SSSR count). The topological polar surface area (TPSA) is 58.6 Å². The number of piperidine rings is 1. The Kier molecular flexibility index (Phi) is 5.65. The van der Waals surface area contributed by atoms with Crippen LogP contribution in [-0.2, 0) is 16.6 Å². The number of methoxy groups -OCH3 is 1. The maximum Gasteiger partial charge on any atom is 0.208 e. The van der Waals surface area contributed by atoms with Crippen molar-refractivity contribution in [2.75, 3.05) is 26.5 Å². The Labute approximate surface area is 134 Å². The summed E-state index contributed by atoms with van der Waals surface area (Å²) in [5.74, 6) is 0.829. The van der Waals surface area contributed by atoms with Crippen molar-refractivity contribution in [2.45, 2.75) is 25.4 Å². The zero-order valence-electron chi connectivity index (χ0n) is 12.3. The Morgan fingerprint density at radius 2 is 2.05 bits per heavy atom. The summed E-state index contributed by atoms with van der Waals surface area (Å²) in [5, 5.41) is 0. The molecule has 1 aliphatic rings. The maximum atomic E-state index is 11.2. The van der Waals surface area contributed by atoms with Crippen LogP contribution < -0.4 is 9.46 Å². The first kappa shape index (κ1) is 16.7. The highest BCUT2D eigenvalue weighted by Gasteiger charge is 2.21. The Bertz CT molecular complexity index is 584. The molecule has 0 spiro atoms. The number of rotatable bonds is 5. The average molecular weight is 377 g/mol. The molecule has 1 N–H and O–H groups in total. The number of nitrogens with one attached hydrogen (secondary N) is 1. The molecule has 21 heavy (non-hydrogen) atoms. The van der Waals surface area contributed by atoms with Crippen LogP contribution in [0.5, 0.6) is 5.75 Å². The highest BCUT2D eigenvalue weighted by atomic mass is 79.9. The van der Waals surface area contributed by atoms with E-state index < -0.39 is 10.0 Å². The smallest absolute Gasteiger partial charge is 0.208 e. The second kappa shape index (κ2) is 7.09. The van der Waals surface area contributed by atoms with Crippen molar-refractivity contribution in [1.29, 1.82) is 0 Å². The highest BCUT2D eigenvalue weighted by Crippen LogP contribution is 2.26. The van der Waals surface area contributed by atoms with Crippen LogP contribution >= 0.6 is 15.9 Å². The van der Waals surface area contributed by atoms with E-state index in [2.05, 4.69) is 37.7 Å². The van der Waals surface area contributed by atoms with Crippen molar-refractivity contribution in [2.24, 2.45) is 0 Å². The number of halogens is 1. The lowest BCUT2D eigenvalue weighted by Gasteiger charge is -2.32. The van der Waals surface area contributed by atoms with Crippen LogP contribution in [0.4, 0.5) is 0 Å². The summed E-state index contributed by atoms with van der Waals surface area (Å²) < 4.78 is 31.3. The Morgan fingerprint density at radius 3 is 2.57 bits per heavy atom. The lowest BCUT2D eigenvalue weighted by atomic mass is 10.1. The molecule has 118 valence electrons. The molecule has 5 nitrogen and oxygen atoms in total. The summed E-state index contributed by atoms with van der Waals surface area (Å²) in [4.78, 5) is 2.34. The largest absolute Gasteiger partial charge is 0.496 e. The second-order valence-electron chi connectivity index (χ2n) is 5.41. The number of likely N-dealkylation sites (tertiary alicyclic amines) is 1. The number of ether oxygens (including phenoxy) is 1. The molecule has 0 amide bonds. The molecule has 0 radical (unpaired) electrons. The monoisotopic (exact) mass is 376 g/mol. The molecule has 1 aromatic carbocycles. The second-order valence-corrected chi connectivity index (χ2v) is 8.04. The van der Waals surface area contributed by atoms with Gasteiger partial charge in [-0.2, -0.15) is 0 Å².